The van der Waals surface area contributed by atoms with Crippen molar-refractivity contribution >= 4 is 29.5 Å². The number of esters is 1. The number of carbonyl (C=O) groups is 1. The first-order chi connectivity index (χ1) is 32.1. The molecular formula is C56H54O7S2. The summed E-state index contributed by atoms with van der Waals surface area (Å²) in [5.41, 5.74) is 8.01. The number of thioether (sulfide) groups is 2. The van der Waals surface area contributed by atoms with Crippen LogP contribution in [-0.2, 0) is 66.4 Å². The lowest BCUT2D eigenvalue weighted by atomic mass is 9.97. The van der Waals surface area contributed by atoms with E-state index in [1.54, 1.807) is 0 Å². The predicted molar refractivity (Wildman–Crippen MR) is 260 cm³/mol. The summed E-state index contributed by atoms with van der Waals surface area (Å²) in [6, 6.07) is 68.6. The third-order valence-electron chi connectivity index (χ3n) is 11.0. The van der Waals surface area contributed by atoms with Crippen molar-refractivity contribution in [2.45, 2.75) is 73.2 Å². The molecule has 0 unspecified atom stereocenters. The molecule has 0 radical (unpaired) electrons. The molecule has 65 heavy (non-hydrogen) atoms. The molecule has 332 valence electrons. The van der Waals surface area contributed by atoms with Crippen molar-refractivity contribution in [2.24, 2.45) is 0 Å². The lowest BCUT2D eigenvalue weighted by Crippen LogP contribution is -2.62. The number of benzene rings is 7. The zero-order chi connectivity index (χ0) is 44.3. The summed E-state index contributed by atoms with van der Waals surface area (Å²) in [5, 5.41) is 0. The molecule has 0 amide bonds. The van der Waals surface area contributed by atoms with Crippen LogP contribution in [0.25, 0.3) is 0 Å². The summed E-state index contributed by atoms with van der Waals surface area (Å²) in [7, 11) is 0. The summed E-state index contributed by atoms with van der Waals surface area (Å²) in [5.74, 6) is 1.19. The molecule has 5 atom stereocenters. The third-order valence-corrected chi connectivity index (χ3v) is 13.9. The first-order valence-corrected chi connectivity index (χ1v) is 24.1. The molecular weight excluding hydrogens is 849 g/mol. The van der Waals surface area contributed by atoms with E-state index in [2.05, 4.69) is 48.5 Å². The first kappa shape index (κ1) is 46.1. The Labute approximate surface area is 391 Å². The maximum Gasteiger partial charge on any atom is 0.340 e. The van der Waals surface area contributed by atoms with E-state index >= 15 is 0 Å². The zero-order valence-electron chi connectivity index (χ0n) is 36.2. The number of ether oxygens (including phenoxy) is 6. The molecule has 0 spiro atoms. The second-order valence-corrected chi connectivity index (χ2v) is 18.3. The van der Waals surface area contributed by atoms with Crippen LogP contribution >= 0.6 is 23.5 Å². The second kappa shape index (κ2) is 24.7. The minimum absolute atomic E-state index is 0.130. The van der Waals surface area contributed by atoms with Gasteiger partial charge >= 0.3 is 5.97 Å². The van der Waals surface area contributed by atoms with Gasteiger partial charge < -0.3 is 28.4 Å². The fraction of sp³-hybridized carbons (Fsp3) is 0.232. The molecule has 0 saturated carbocycles. The van der Waals surface area contributed by atoms with Gasteiger partial charge in [-0.05, 0) is 51.1 Å². The number of hydrogen-bond donors (Lipinski definition) is 0. The van der Waals surface area contributed by atoms with Gasteiger partial charge in [0.05, 0.1) is 43.2 Å². The summed E-state index contributed by atoms with van der Waals surface area (Å²) < 4.78 is 40.1. The number of rotatable bonds is 22. The summed E-state index contributed by atoms with van der Waals surface area (Å²) >= 11 is 3.75. The van der Waals surface area contributed by atoms with E-state index in [0.29, 0.717) is 18.8 Å². The predicted octanol–water partition coefficient (Wildman–Crippen LogP) is 12.4. The molecule has 7 aromatic carbocycles. The van der Waals surface area contributed by atoms with Gasteiger partial charge in [-0.1, -0.05) is 194 Å². The van der Waals surface area contributed by atoms with E-state index in [4.69, 9.17) is 28.4 Å². The average molecular weight is 903 g/mol. The van der Waals surface area contributed by atoms with Gasteiger partial charge in [-0.25, -0.2) is 4.79 Å². The van der Waals surface area contributed by atoms with Gasteiger partial charge in [0.25, 0.3) is 0 Å². The highest BCUT2D eigenvalue weighted by molar-refractivity contribution is 8.15. The van der Waals surface area contributed by atoms with Crippen LogP contribution in [0, 0.1) is 0 Å². The molecule has 0 bridgehead atoms. The highest BCUT2D eigenvalue weighted by atomic mass is 32.2. The average Bonchev–Trinajstić information content (AvgIpc) is 3.37. The second-order valence-electron chi connectivity index (χ2n) is 15.8. The van der Waals surface area contributed by atoms with Crippen LogP contribution in [0.5, 0.6) is 0 Å². The summed E-state index contributed by atoms with van der Waals surface area (Å²) in [6.45, 7) is 1.31. The van der Waals surface area contributed by atoms with E-state index in [1.807, 2.05) is 181 Å². The maximum atomic E-state index is 14.3. The Morgan fingerprint density at radius 3 is 1.28 bits per heavy atom. The highest BCUT2D eigenvalue weighted by Crippen LogP contribution is 2.43. The zero-order valence-corrected chi connectivity index (χ0v) is 37.9. The van der Waals surface area contributed by atoms with E-state index in [1.165, 1.54) is 11.1 Å². The molecule has 1 fully saturated rings. The SMILES string of the molecule is O=C(O[C@@H]1O[C@H](COCc2ccccc2)[C@@H](OCc2ccccc2)[C@@H](OCc2ccccc2)[C@H]1OCc1ccccc1)c1ccc(C(SCc2ccccc2)SCc2ccccc2)cc1. The van der Waals surface area contributed by atoms with Crippen LogP contribution in [0.3, 0.4) is 0 Å². The lowest BCUT2D eigenvalue weighted by Gasteiger charge is -2.45. The minimum Gasteiger partial charge on any atom is -0.429 e. The Hall–Kier alpha value is -5.49. The molecule has 0 N–H and O–H groups in total. The molecule has 1 saturated heterocycles. The number of hydrogen-bond acceptors (Lipinski definition) is 9. The van der Waals surface area contributed by atoms with E-state index in [9.17, 15) is 4.79 Å². The Morgan fingerprint density at radius 2 is 0.831 bits per heavy atom. The van der Waals surface area contributed by atoms with Gasteiger partial charge in [0.15, 0.2) is 0 Å². The van der Waals surface area contributed by atoms with Gasteiger partial charge in [-0.15, -0.1) is 23.5 Å². The van der Waals surface area contributed by atoms with Crippen molar-refractivity contribution in [3.05, 3.63) is 251 Å². The maximum absolute atomic E-state index is 14.3. The van der Waals surface area contributed by atoms with Crippen LogP contribution in [-0.4, -0.2) is 43.3 Å². The lowest BCUT2D eigenvalue weighted by molar-refractivity contribution is -0.315. The van der Waals surface area contributed by atoms with Crippen molar-refractivity contribution < 1.29 is 33.2 Å². The van der Waals surface area contributed by atoms with Gasteiger partial charge in [-0.3, -0.25) is 0 Å². The van der Waals surface area contributed by atoms with E-state index < -0.39 is 36.7 Å². The molecule has 7 aromatic rings. The highest BCUT2D eigenvalue weighted by Gasteiger charge is 2.50. The fourth-order valence-corrected chi connectivity index (χ4v) is 10.1. The Bertz CT molecular complexity index is 2370. The molecule has 9 heteroatoms. The van der Waals surface area contributed by atoms with Crippen molar-refractivity contribution in [1.29, 1.82) is 0 Å². The normalized spacial score (nSPS) is 18.3. The van der Waals surface area contributed by atoms with Gasteiger partial charge in [0.1, 0.15) is 24.4 Å². The summed E-state index contributed by atoms with van der Waals surface area (Å²) in [4.78, 5) is 14.3. The van der Waals surface area contributed by atoms with Crippen molar-refractivity contribution in [2.75, 3.05) is 6.61 Å². The Balaban J connectivity index is 1.06. The van der Waals surface area contributed by atoms with Crippen LogP contribution in [0.2, 0.25) is 0 Å². The topological polar surface area (TPSA) is 72.5 Å². The van der Waals surface area contributed by atoms with E-state index in [0.717, 1.165) is 39.3 Å². The van der Waals surface area contributed by atoms with Crippen LogP contribution < -0.4 is 0 Å². The molecule has 7 nitrogen and oxygen atoms in total. The van der Waals surface area contributed by atoms with Gasteiger partial charge in [-0.2, -0.15) is 0 Å². The van der Waals surface area contributed by atoms with Crippen molar-refractivity contribution in [1.82, 2.24) is 0 Å². The van der Waals surface area contributed by atoms with Crippen molar-refractivity contribution in [3.63, 3.8) is 0 Å². The first-order valence-electron chi connectivity index (χ1n) is 22.0. The smallest absolute Gasteiger partial charge is 0.340 e. The molecule has 0 aliphatic carbocycles. The van der Waals surface area contributed by atoms with Crippen LogP contribution in [0.1, 0.15) is 53.9 Å². The van der Waals surface area contributed by atoms with Gasteiger partial charge in [0, 0.05) is 11.5 Å². The quantitative estimate of drug-likeness (QED) is 0.0488. The Kier molecular flexibility index (Phi) is 17.5. The largest absolute Gasteiger partial charge is 0.429 e. The molecule has 8 rings (SSSR count). The summed E-state index contributed by atoms with van der Waals surface area (Å²) in [6.07, 6.45) is -4.12. The minimum atomic E-state index is -1.16. The monoisotopic (exact) mass is 902 g/mol. The van der Waals surface area contributed by atoms with Crippen LogP contribution in [0.15, 0.2) is 206 Å². The number of carbonyl (C=O) groups excluding carboxylic acids is 1. The molecule has 1 heterocycles. The fourth-order valence-electron chi connectivity index (χ4n) is 7.52. The van der Waals surface area contributed by atoms with Crippen LogP contribution in [0.4, 0.5) is 0 Å². The third kappa shape index (κ3) is 14.0. The van der Waals surface area contributed by atoms with Gasteiger partial charge in [0.2, 0.25) is 6.29 Å². The van der Waals surface area contributed by atoms with Crippen molar-refractivity contribution in [3.8, 4) is 0 Å². The Morgan fingerprint density at radius 1 is 0.446 bits per heavy atom. The van der Waals surface area contributed by atoms with E-state index in [-0.39, 0.29) is 24.4 Å². The standard InChI is InChI=1S/C56H54O7S2/c57-54(48-31-33-49(34-32-48)56(64-40-46-27-15-5-16-28-46)65-41-47-29-17-6-18-30-47)63-55-53(61-38-45-25-13-4-14-26-45)52(60-37-44-23-11-3-12-24-44)51(59-36-43-21-9-2-10-22-43)50(62-55)39-58-35-42-19-7-1-8-20-42/h1-34,50-53,55-56H,35-41H2/t50-,51-,52-,53-,55+/m1/s1. The molecule has 0 aromatic heterocycles. The molecule has 1 aliphatic heterocycles. The molecule has 1 aliphatic rings.